The molecule has 274 valence electrons. The predicted molar refractivity (Wildman–Crippen MR) is 223 cm³/mol. The molecule has 3 aromatic rings. The first-order chi connectivity index (χ1) is 25.6. The highest BCUT2D eigenvalue weighted by molar-refractivity contribution is 5.65. The molecule has 0 amide bonds. The van der Waals surface area contributed by atoms with Crippen LogP contribution in [-0.2, 0) is 6.42 Å². The first-order valence-electron chi connectivity index (χ1n) is 19.6. The van der Waals surface area contributed by atoms with Gasteiger partial charge in [-0.05, 0) is 116 Å². The van der Waals surface area contributed by atoms with Crippen molar-refractivity contribution in [3.63, 3.8) is 0 Å². The Labute approximate surface area is 319 Å². The standard InChI is InChI=1S/C50H59N3/c1-9-45(36(2)3)48-27-24-39(33-51(48)6)18-21-42-30-43(22-19-40-25-28-49(52(7)34-40)46-16-12-10-14-37(46)4)32-44(31-42)23-20-41-26-29-50(53(8)35-41)47-17-13-11-15-38(47)5/h9-17,24-29,33-35,42-44H,1,6-8,18-23,30-32H2,2-5H3/b48-45-/t42?,43-,44+. The second-order valence-electron chi connectivity index (χ2n) is 15.8. The molecule has 2 aliphatic heterocycles. The van der Waals surface area contributed by atoms with Gasteiger partial charge >= 0.3 is 0 Å². The molecule has 3 heterocycles. The number of pyridine rings is 1. The lowest BCUT2D eigenvalue weighted by molar-refractivity contribution is -0.514. The summed E-state index contributed by atoms with van der Waals surface area (Å²) in [5.41, 5.74) is 10.3. The Kier molecular flexibility index (Phi) is 12.2. The van der Waals surface area contributed by atoms with Crippen molar-refractivity contribution in [2.75, 3.05) is 0 Å². The lowest BCUT2D eigenvalue weighted by Crippen LogP contribution is -2.37. The Bertz CT molecular complexity index is 1970. The first-order valence-corrected chi connectivity index (χ1v) is 19.6. The van der Waals surface area contributed by atoms with Gasteiger partial charge in [-0.2, -0.15) is 18.6 Å². The average molecular weight is 702 g/mol. The molecule has 1 unspecified atom stereocenters. The third-order valence-corrected chi connectivity index (χ3v) is 11.6. The van der Waals surface area contributed by atoms with E-state index in [0.29, 0.717) is 0 Å². The van der Waals surface area contributed by atoms with Crippen LogP contribution in [0.15, 0.2) is 127 Å². The fourth-order valence-electron chi connectivity index (χ4n) is 8.77. The summed E-state index contributed by atoms with van der Waals surface area (Å²) in [5.74, 6) is 3.43. The van der Waals surface area contributed by atoms with Gasteiger partial charge in [0.2, 0.25) is 0 Å². The van der Waals surface area contributed by atoms with Crippen LogP contribution in [0.2, 0.25) is 0 Å². The van der Waals surface area contributed by atoms with Crippen molar-refractivity contribution in [2.45, 2.75) is 85.5 Å². The van der Waals surface area contributed by atoms with Crippen molar-refractivity contribution >= 4 is 19.0 Å². The van der Waals surface area contributed by atoms with Crippen LogP contribution >= 0.6 is 0 Å². The maximum absolute atomic E-state index is 4.39. The van der Waals surface area contributed by atoms with E-state index in [1.165, 1.54) is 95.5 Å². The highest BCUT2D eigenvalue weighted by Gasteiger charge is 2.29. The third-order valence-electron chi connectivity index (χ3n) is 11.6. The van der Waals surface area contributed by atoms with Gasteiger partial charge in [0.15, 0.2) is 6.20 Å². The van der Waals surface area contributed by atoms with E-state index < -0.39 is 0 Å². The molecule has 1 fully saturated rings. The normalized spacial score (nSPS) is 20.6. The summed E-state index contributed by atoms with van der Waals surface area (Å²) in [5, 5.41) is 1.12. The highest BCUT2D eigenvalue weighted by atomic mass is 15.0. The van der Waals surface area contributed by atoms with Gasteiger partial charge in [0.05, 0.1) is 13.4 Å². The fourth-order valence-corrected chi connectivity index (χ4v) is 8.77. The van der Waals surface area contributed by atoms with Crippen molar-refractivity contribution in [3.8, 4) is 0 Å². The van der Waals surface area contributed by atoms with Crippen LogP contribution in [-0.4, -0.2) is 22.6 Å². The van der Waals surface area contributed by atoms with E-state index in [9.17, 15) is 0 Å². The SMILES string of the molecule is C=C/C(=c1\ccc(CCC2C[C@@H](CCC3=C[N+](=C)[C-](c4ccccc4C)C=C3)C[C@@H](CCC3=C[N+](=C)[C-](c4ccccc4C)C=C3)C2)c[n+]1=C)[C-](C)C. The Hall–Kier alpha value is -5.02. The minimum Gasteiger partial charge on any atom is -0.255 e. The van der Waals surface area contributed by atoms with E-state index in [1.54, 1.807) is 0 Å². The van der Waals surface area contributed by atoms with Gasteiger partial charge in [0, 0.05) is 5.56 Å². The van der Waals surface area contributed by atoms with E-state index in [0.717, 1.165) is 47.9 Å². The molecule has 3 aliphatic rings. The maximum atomic E-state index is 4.39. The Morgan fingerprint density at radius 1 is 0.698 bits per heavy atom. The second-order valence-corrected chi connectivity index (χ2v) is 15.8. The molecular formula is C50H59N3. The maximum Gasteiger partial charge on any atom is 0.165 e. The van der Waals surface area contributed by atoms with Gasteiger partial charge in [-0.1, -0.05) is 93.4 Å². The number of benzene rings is 2. The molecule has 3 nitrogen and oxygen atoms in total. The van der Waals surface area contributed by atoms with Crippen molar-refractivity contribution in [2.24, 2.45) is 17.8 Å². The number of hydrogen-bond acceptors (Lipinski definition) is 0. The quantitative estimate of drug-likeness (QED) is 0.124. The number of rotatable bonds is 13. The van der Waals surface area contributed by atoms with E-state index in [1.807, 2.05) is 10.3 Å². The molecule has 1 aliphatic carbocycles. The van der Waals surface area contributed by atoms with Crippen molar-refractivity contribution in [3.05, 3.63) is 185 Å². The molecule has 0 spiro atoms. The van der Waals surface area contributed by atoms with Crippen LogP contribution < -0.4 is 9.59 Å². The van der Waals surface area contributed by atoms with Crippen LogP contribution in [0.5, 0.6) is 0 Å². The van der Waals surface area contributed by atoms with E-state index >= 15 is 0 Å². The van der Waals surface area contributed by atoms with Crippen LogP contribution in [0.1, 0.15) is 93.0 Å². The number of aryl methyl sites for hydroxylation is 3. The zero-order valence-corrected chi connectivity index (χ0v) is 32.7. The molecule has 0 bridgehead atoms. The molecule has 0 radical (unpaired) electrons. The molecule has 3 atom stereocenters. The number of aromatic nitrogens is 1. The lowest BCUT2D eigenvalue weighted by Gasteiger charge is -2.36. The van der Waals surface area contributed by atoms with Gasteiger partial charge in [0.1, 0.15) is 36.6 Å². The summed E-state index contributed by atoms with van der Waals surface area (Å²) < 4.78 is 6.17. The van der Waals surface area contributed by atoms with Gasteiger partial charge in [-0.3, -0.25) is 9.15 Å². The molecule has 6 rings (SSSR count). The van der Waals surface area contributed by atoms with Crippen LogP contribution in [0.3, 0.4) is 0 Å². The lowest BCUT2D eigenvalue weighted by atomic mass is 9.70. The van der Waals surface area contributed by atoms with E-state index in [2.05, 4.69) is 167 Å². The predicted octanol–water partition coefficient (Wildman–Crippen LogP) is 10.2. The molecule has 2 aromatic carbocycles. The summed E-state index contributed by atoms with van der Waals surface area (Å²) in [7, 11) is 0. The van der Waals surface area contributed by atoms with Crippen LogP contribution in [0, 0.1) is 56.3 Å². The number of hydrogen-bond donors (Lipinski definition) is 0. The fraction of sp³-hybridized carbons (Fsp3) is 0.320. The van der Waals surface area contributed by atoms with Crippen molar-refractivity contribution < 1.29 is 13.4 Å². The monoisotopic (exact) mass is 701 g/mol. The Morgan fingerprint density at radius 3 is 1.58 bits per heavy atom. The summed E-state index contributed by atoms with van der Waals surface area (Å²) in [4.78, 5) is 0. The zero-order valence-electron chi connectivity index (χ0n) is 32.7. The minimum absolute atomic E-state index is 0.723. The summed E-state index contributed by atoms with van der Waals surface area (Å²) in [6, 6.07) is 24.0. The smallest absolute Gasteiger partial charge is 0.165 e. The summed E-state index contributed by atoms with van der Waals surface area (Å²) >= 11 is 0. The van der Waals surface area contributed by atoms with E-state index in [-0.39, 0.29) is 0 Å². The van der Waals surface area contributed by atoms with Gasteiger partial charge < -0.3 is 0 Å². The Balaban J connectivity index is 1.12. The summed E-state index contributed by atoms with van der Waals surface area (Å²) in [6.07, 6.45) is 28.7. The second kappa shape index (κ2) is 17.2. The summed E-state index contributed by atoms with van der Waals surface area (Å²) in [6.45, 7) is 25.8. The highest BCUT2D eigenvalue weighted by Crippen LogP contribution is 2.41. The van der Waals surface area contributed by atoms with Gasteiger partial charge in [0.25, 0.3) is 0 Å². The first kappa shape index (κ1) is 37.7. The topological polar surface area (TPSA) is 11.9 Å². The van der Waals surface area contributed by atoms with E-state index in [4.69, 9.17) is 0 Å². The number of nitrogens with zero attached hydrogens (tertiary/aromatic N) is 3. The van der Waals surface area contributed by atoms with Crippen molar-refractivity contribution in [1.29, 1.82) is 0 Å². The molecule has 0 saturated heterocycles. The molecule has 0 N–H and O–H groups in total. The van der Waals surface area contributed by atoms with Crippen LogP contribution in [0.25, 0.3) is 5.57 Å². The molecular weight excluding hydrogens is 643 g/mol. The third kappa shape index (κ3) is 9.32. The van der Waals surface area contributed by atoms with Gasteiger partial charge in [-0.25, -0.2) is 4.24 Å². The molecule has 1 saturated carbocycles. The molecule has 53 heavy (non-hydrogen) atoms. The van der Waals surface area contributed by atoms with Crippen LogP contribution in [0.4, 0.5) is 0 Å². The van der Waals surface area contributed by atoms with Crippen molar-refractivity contribution in [1.82, 2.24) is 0 Å². The number of allylic oxidation sites excluding steroid dienone is 5. The Morgan fingerprint density at radius 2 is 1.17 bits per heavy atom. The average Bonchev–Trinajstić information content (AvgIpc) is 3.14. The molecule has 1 aromatic heterocycles. The largest absolute Gasteiger partial charge is 0.255 e. The zero-order chi connectivity index (χ0) is 37.5. The van der Waals surface area contributed by atoms with Gasteiger partial charge in [-0.15, -0.1) is 17.7 Å². The minimum atomic E-state index is 0.723. The molecule has 3 heteroatoms.